The fourth-order valence-corrected chi connectivity index (χ4v) is 3.51. The zero-order chi connectivity index (χ0) is 24.0. The number of furan rings is 1. The summed E-state index contributed by atoms with van der Waals surface area (Å²) in [5.41, 5.74) is -1.17. The lowest BCUT2D eigenvalue weighted by Gasteiger charge is -2.31. The number of halogens is 3. The van der Waals surface area contributed by atoms with Crippen molar-refractivity contribution in [3.8, 4) is 0 Å². The Labute approximate surface area is 188 Å². The van der Waals surface area contributed by atoms with Crippen LogP contribution in [0.2, 0.25) is 0 Å². The molecule has 0 radical (unpaired) electrons. The lowest BCUT2D eigenvalue weighted by atomic mass is 9.97. The predicted molar refractivity (Wildman–Crippen MR) is 113 cm³/mol. The van der Waals surface area contributed by atoms with Crippen molar-refractivity contribution in [2.75, 3.05) is 36.9 Å². The van der Waals surface area contributed by atoms with Gasteiger partial charge in [0.15, 0.2) is 0 Å². The molecule has 2 aromatic rings. The Bertz CT molecular complexity index is 984. The molecular formula is C22H24F3N3O5. The molecule has 2 amide bonds. The second kappa shape index (κ2) is 10.4. The van der Waals surface area contributed by atoms with Crippen LogP contribution in [0, 0.1) is 5.92 Å². The highest BCUT2D eigenvalue weighted by molar-refractivity contribution is 6.04. The number of anilines is 2. The van der Waals surface area contributed by atoms with E-state index in [1.165, 1.54) is 29.6 Å². The number of alkyl halides is 3. The van der Waals surface area contributed by atoms with Crippen molar-refractivity contribution >= 4 is 29.2 Å². The van der Waals surface area contributed by atoms with Crippen molar-refractivity contribution < 1.29 is 36.7 Å². The van der Waals surface area contributed by atoms with E-state index < -0.39 is 17.6 Å². The molecule has 8 nitrogen and oxygen atoms in total. The molecule has 1 saturated heterocycles. The van der Waals surface area contributed by atoms with E-state index in [1.54, 1.807) is 6.92 Å². The van der Waals surface area contributed by atoms with Crippen molar-refractivity contribution in [3.63, 3.8) is 0 Å². The highest BCUT2D eigenvalue weighted by atomic mass is 19.4. The number of benzene rings is 1. The van der Waals surface area contributed by atoms with Crippen molar-refractivity contribution in [1.82, 2.24) is 4.90 Å². The summed E-state index contributed by atoms with van der Waals surface area (Å²) < 4.78 is 50.6. The maximum Gasteiger partial charge on any atom is 0.418 e. The minimum Gasteiger partial charge on any atom is -0.472 e. The van der Waals surface area contributed by atoms with Crippen LogP contribution in [-0.2, 0) is 20.5 Å². The predicted octanol–water partition coefficient (Wildman–Crippen LogP) is 3.76. The van der Waals surface area contributed by atoms with E-state index in [4.69, 9.17) is 9.15 Å². The van der Waals surface area contributed by atoms with E-state index in [9.17, 15) is 27.6 Å². The maximum atomic E-state index is 13.6. The fraction of sp³-hybridized carbons (Fsp3) is 0.409. The second-order valence-electron chi connectivity index (χ2n) is 7.48. The van der Waals surface area contributed by atoms with Gasteiger partial charge in [-0.15, -0.1) is 0 Å². The van der Waals surface area contributed by atoms with Crippen molar-refractivity contribution in [2.45, 2.75) is 25.9 Å². The summed E-state index contributed by atoms with van der Waals surface area (Å²) in [6.07, 6.45) is -1.36. The molecule has 2 N–H and O–H groups in total. The van der Waals surface area contributed by atoms with E-state index in [2.05, 4.69) is 10.6 Å². The van der Waals surface area contributed by atoms with Crippen molar-refractivity contribution in [3.05, 3.63) is 47.9 Å². The van der Waals surface area contributed by atoms with Crippen LogP contribution in [0.4, 0.5) is 24.5 Å². The molecule has 3 rings (SSSR count). The van der Waals surface area contributed by atoms with E-state index in [0.29, 0.717) is 25.9 Å². The third-order valence-electron chi connectivity index (χ3n) is 5.26. The number of amides is 2. The normalized spacial score (nSPS) is 14.6. The molecule has 1 aromatic carbocycles. The number of esters is 1. The number of rotatable bonds is 7. The zero-order valence-corrected chi connectivity index (χ0v) is 17.9. The van der Waals surface area contributed by atoms with Gasteiger partial charge in [-0.2, -0.15) is 13.2 Å². The molecule has 1 aliphatic heterocycles. The van der Waals surface area contributed by atoms with Gasteiger partial charge in [0.2, 0.25) is 5.91 Å². The number of likely N-dealkylation sites (tertiary alicyclic amines) is 1. The zero-order valence-electron chi connectivity index (χ0n) is 17.9. The van der Waals surface area contributed by atoms with Crippen LogP contribution in [-0.4, -0.2) is 48.9 Å². The summed E-state index contributed by atoms with van der Waals surface area (Å²) in [6.45, 7) is 2.32. The maximum absolute atomic E-state index is 13.6. The van der Waals surface area contributed by atoms with Crippen molar-refractivity contribution in [1.29, 1.82) is 0 Å². The van der Waals surface area contributed by atoms with E-state index in [-0.39, 0.29) is 47.9 Å². The molecule has 0 saturated carbocycles. The SMILES string of the molecule is CCOC(=O)C1CCN(C(=O)CNc2ccc(NC(=O)c3ccoc3)cc2C(F)(F)F)CC1. The number of piperidine rings is 1. The average molecular weight is 467 g/mol. The summed E-state index contributed by atoms with van der Waals surface area (Å²) in [5.74, 6) is -1.55. The van der Waals surface area contributed by atoms with Gasteiger partial charge < -0.3 is 24.7 Å². The van der Waals surface area contributed by atoms with Crippen LogP contribution in [0.15, 0.2) is 41.2 Å². The average Bonchev–Trinajstić information content (AvgIpc) is 3.33. The first-order valence-corrected chi connectivity index (χ1v) is 10.4. The number of ether oxygens (including phenoxy) is 1. The summed E-state index contributed by atoms with van der Waals surface area (Å²) >= 11 is 0. The smallest absolute Gasteiger partial charge is 0.418 e. The fourth-order valence-electron chi connectivity index (χ4n) is 3.51. The van der Waals surface area contributed by atoms with E-state index >= 15 is 0 Å². The van der Waals surface area contributed by atoms with E-state index in [1.807, 2.05) is 0 Å². The van der Waals surface area contributed by atoms with Gasteiger partial charge >= 0.3 is 12.1 Å². The molecule has 33 heavy (non-hydrogen) atoms. The monoisotopic (exact) mass is 467 g/mol. The van der Waals surface area contributed by atoms with Gasteiger partial charge in [0, 0.05) is 24.5 Å². The van der Waals surface area contributed by atoms with Crippen LogP contribution in [0.1, 0.15) is 35.7 Å². The van der Waals surface area contributed by atoms with Gasteiger partial charge in [-0.1, -0.05) is 0 Å². The van der Waals surface area contributed by atoms with E-state index in [0.717, 1.165) is 12.1 Å². The molecule has 2 heterocycles. The Morgan fingerprint density at radius 1 is 1.18 bits per heavy atom. The minimum atomic E-state index is -4.71. The first kappa shape index (κ1) is 24.1. The Kier molecular flexibility index (Phi) is 7.62. The molecule has 0 unspecified atom stereocenters. The second-order valence-corrected chi connectivity index (χ2v) is 7.48. The Morgan fingerprint density at radius 3 is 2.52 bits per heavy atom. The summed E-state index contributed by atoms with van der Waals surface area (Å²) in [7, 11) is 0. The summed E-state index contributed by atoms with van der Waals surface area (Å²) in [4.78, 5) is 37.9. The van der Waals surface area contributed by atoms with Gasteiger partial charge in [0.05, 0.1) is 36.5 Å². The molecule has 0 aliphatic carbocycles. The third-order valence-corrected chi connectivity index (χ3v) is 5.26. The highest BCUT2D eigenvalue weighted by Crippen LogP contribution is 2.36. The molecule has 11 heteroatoms. The summed E-state index contributed by atoms with van der Waals surface area (Å²) in [6, 6.07) is 4.66. The molecule has 0 bridgehead atoms. The molecule has 0 atom stereocenters. The Morgan fingerprint density at radius 2 is 1.91 bits per heavy atom. The van der Waals surface area contributed by atoms with Crippen molar-refractivity contribution in [2.24, 2.45) is 5.92 Å². The molecule has 1 aromatic heterocycles. The lowest BCUT2D eigenvalue weighted by Crippen LogP contribution is -2.43. The molecule has 178 valence electrons. The largest absolute Gasteiger partial charge is 0.472 e. The number of carbonyl (C=O) groups excluding carboxylic acids is 3. The Balaban J connectivity index is 1.61. The highest BCUT2D eigenvalue weighted by Gasteiger charge is 2.34. The van der Waals surface area contributed by atoms with Gasteiger partial charge in [-0.25, -0.2) is 0 Å². The van der Waals surface area contributed by atoms with Gasteiger partial charge in [0.25, 0.3) is 5.91 Å². The van der Waals surface area contributed by atoms with Crippen LogP contribution in [0.25, 0.3) is 0 Å². The Hall–Kier alpha value is -3.50. The lowest BCUT2D eigenvalue weighted by molar-refractivity contribution is -0.151. The van der Waals surface area contributed by atoms with Crippen LogP contribution in [0.3, 0.4) is 0 Å². The quantitative estimate of drug-likeness (QED) is 0.602. The van der Waals surface area contributed by atoms with Crippen LogP contribution >= 0.6 is 0 Å². The first-order valence-electron chi connectivity index (χ1n) is 10.4. The summed E-state index contributed by atoms with van der Waals surface area (Å²) in [5, 5.41) is 4.93. The topological polar surface area (TPSA) is 101 Å². The number of carbonyl (C=O) groups is 3. The van der Waals surface area contributed by atoms with Crippen LogP contribution < -0.4 is 10.6 Å². The van der Waals surface area contributed by atoms with Gasteiger partial charge in [0.1, 0.15) is 6.26 Å². The standard InChI is InChI=1S/C22H24F3N3O5/c1-2-33-21(31)14-5-8-28(9-6-14)19(29)12-26-18-4-3-16(11-17(18)22(23,24)25)27-20(30)15-7-10-32-13-15/h3-4,7,10-11,13-14,26H,2,5-6,8-9,12H2,1H3,(H,27,30). The number of nitrogens with one attached hydrogen (secondary N) is 2. The molecule has 0 spiro atoms. The number of hydrogen-bond donors (Lipinski definition) is 2. The molecular weight excluding hydrogens is 443 g/mol. The first-order chi connectivity index (χ1) is 15.7. The van der Waals surface area contributed by atoms with Gasteiger partial charge in [-0.3, -0.25) is 14.4 Å². The minimum absolute atomic E-state index is 0.0496. The van der Waals surface area contributed by atoms with Crippen LogP contribution in [0.5, 0.6) is 0 Å². The number of nitrogens with zero attached hydrogens (tertiary/aromatic N) is 1. The molecule has 1 aliphatic rings. The number of hydrogen-bond acceptors (Lipinski definition) is 6. The molecule has 1 fully saturated rings. The van der Waals surface area contributed by atoms with Gasteiger partial charge in [-0.05, 0) is 44.0 Å². The third kappa shape index (κ3) is 6.27.